The largest absolute Gasteiger partial charge is 0.790 e. The fourth-order valence-electron chi connectivity index (χ4n) is 1.09. The molecule has 0 saturated carbocycles. The highest BCUT2D eigenvalue weighted by molar-refractivity contribution is 7.79. The molecular formula is C12H38N2O16P2S. The molecule has 0 aromatic carbocycles. The van der Waals surface area contributed by atoms with E-state index >= 15 is 0 Å². The topological polar surface area (TPSA) is 306 Å². The number of hydrogen-bond donors (Lipinski definition) is 8. The van der Waals surface area contributed by atoms with Crippen molar-refractivity contribution in [2.24, 2.45) is 0 Å². The lowest BCUT2D eigenvalue weighted by Crippen LogP contribution is -2.86. The molecular weight excluding hydrogens is 522 g/mol. The molecule has 0 bridgehead atoms. The lowest BCUT2D eigenvalue weighted by molar-refractivity contribution is -0.657. The van der Waals surface area contributed by atoms with Crippen molar-refractivity contribution in [3.63, 3.8) is 0 Å². The first-order valence-corrected chi connectivity index (χ1v) is 13.1. The van der Waals surface area contributed by atoms with Crippen molar-refractivity contribution >= 4 is 26.0 Å². The van der Waals surface area contributed by atoms with E-state index in [1.165, 1.54) is 0 Å². The molecule has 18 nitrogen and oxygen atoms in total. The van der Waals surface area contributed by atoms with Crippen molar-refractivity contribution < 1.29 is 85.6 Å². The maximum atomic E-state index is 8.88. The highest BCUT2D eigenvalue weighted by atomic mass is 32.3. The van der Waals surface area contributed by atoms with Crippen molar-refractivity contribution in [1.29, 1.82) is 0 Å². The van der Waals surface area contributed by atoms with E-state index in [0.29, 0.717) is 0 Å². The summed E-state index contributed by atoms with van der Waals surface area (Å²) in [6, 6.07) is 0. The van der Waals surface area contributed by atoms with Crippen molar-refractivity contribution in [2.75, 3.05) is 81.0 Å². The number of rotatable bonds is 12. The van der Waals surface area contributed by atoms with E-state index in [-0.39, 0.29) is 0 Å². The van der Waals surface area contributed by atoms with Crippen LogP contribution in [0.5, 0.6) is 0 Å². The number of quaternary nitrogens is 2. The van der Waals surface area contributed by atoms with Crippen LogP contribution in [0.15, 0.2) is 0 Å². The maximum absolute atomic E-state index is 8.88. The van der Waals surface area contributed by atoms with Gasteiger partial charge in [-0.3, -0.25) is 9.11 Å². The molecule has 0 aliphatic carbocycles. The molecule has 33 heavy (non-hydrogen) atoms. The quantitative estimate of drug-likeness (QED) is 0.0625. The van der Waals surface area contributed by atoms with Crippen LogP contribution in [-0.4, -0.2) is 118 Å². The Hall–Kier alpha value is -0.150. The van der Waals surface area contributed by atoms with Crippen molar-refractivity contribution in [3.05, 3.63) is 0 Å². The van der Waals surface area contributed by atoms with Gasteiger partial charge in [0.25, 0.3) is 0 Å². The van der Waals surface area contributed by atoms with Gasteiger partial charge in [0, 0.05) is 28.4 Å². The van der Waals surface area contributed by atoms with Crippen LogP contribution in [0.2, 0.25) is 0 Å². The van der Waals surface area contributed by atoms with E-state index in [9.17, 15) is 0 Å². The zero-order chi connectivity index (χ0) is 27.4. The summed E-state index contributed by atoms with van der Waals surface area (Å²) in [7, 11) is -7.59. The minimum absolute atomic E-state index is 0.823. The number of phosphoric acid groups is 2. The lowest BCUT2D eigenvalue weighted by atomic mass is 10.6. The van der Waals surface area contributed by atoms with Crippen molar-refractivity contribution in [3.8, 4) is 0 Å². The molecule has 0 saturated heterocycles. The molecule has 0 rings (SSSR count). The smallest absolute Gasteiger partial charge is 0.466 e. The van der Waals surface area contributed by atoms with Gasteiger partial charge in [-0.25, -0.2) is 4.57 Å². The minimum Gasteiger partial charge on any atom is -0.790 e. The molecule has 21 heteroatoms. The molecule has 0 spiro atoms. The summed E-state index contributed by atoms with van der Waals surface area (Å²) in [6.07, 6.45) is 0. The molecule has 0 heterocycles. The van der Waals surface area contributed by atoms with Crippen LogP contribution in [0.25, 0.3) is 0 Å². The summed E-state index contributed by atoms with van der Waals surface area (Å²) < 4.78 is 68.5. The third-order valence-electron chi connectivity index (χ3n) is 2.10. The highest BCUT2D eigenvalue weighted by Gasteiger charge is 2.00. The zero-order valence-corrected chi connectivity index (χ0v) is 21.5. The maximum Gasteiger partial charge on any atom is 0.466 e. The summed E-state index contributed by atoms with van der Waals surface area (Å²) in [5, 5.41) is 4.35. The molecule has 0 fully saturated rings. The van der Waals surface area contributed by atoms with Gasteiger partial charge in [0.2, 0.25) is 0 Å². The van der Waals surface area contributed by atoms with Gasteiger partial charge in [-0.1, -0.05) is 0 Å². The Balaban J connectivity index is -0.000000102. The monoisotopic (exact) mass is 560 g/mol. The van der Waals surface area contributed by atoms with Gasteiger partial charge in [-0.05, 0) is 0 Å². The Bertz CT molecular complexity index is 485. The summed E-state index contributed by atoms with van der Waals surface area (Å²) >= 11 is 0. The molecule has 0 radical (unpaired) electrons. The van der Waals surface area contributed by atoms with Gasteiger partial charge in [-0.15, -0.1) is 0 Å². The zero-order valence-electron chi connectivity index (χ0n) is 18.9. The number of methoxy groups -OCH3 is 4. The summed E-state index contributed by atoms with van der Waals surface area (Å²) in [4.78, 5) is 45.8. The minimum atomic E-state index is -5.14. The molecule has 0 amide bonds. The van der Waals surface area contributed by atoms with E-state index in [1.54, 1.807) is 28.4 Å². The van der Waals surface area contributed by atoms with Crippen LogP contribution >= 0.6 is 15.6 Å². The Labute approximate surface area is 193 Å². The molecule has 0 aromatic heterocycles. The fraction of sp³-hybridized carbons (Fsp3) is 1.00. The van der Waals surface area contributed by atoms with Gasteiger partial charge < -0.3 is 63.5 Å². The van der Waals surface area contributed by atoms with Crippen LogP contribution in [-0.2, 0) is 38.5 Å². The van der Waals surface area contributed by atoms with Crippen LogP contribution < -0.4 is 20.4 Å². The molecule has 208 valence electrons. The average Bonchev–Trinajstić information content (AvgIpc) is 2.58. The van der Waals surface area contributed by atoms with Gasteiger partial charge in [0.1, 0.15) is 0 Å². The van der Waals surface area contributed by atoms with Gasteiger partial charge in [0.05, 0.1) is 60.4 Å². The Morgan fingerprint density at radius 3 is 0.879 bits per heavy atom. The van der Waals surface area contributed by atoms with Crippen LogP contribution in [0.4, 0.5) is 0 Å². The number of nitrogens with two attached hydrogens (primary N) is 2. The molecule has 0 aliphatic rings. The predicted molar refractivity (Wildman–Crippen MR) is 109 cm³/mol. The summed E-state index contributed by atoms with van der Waals surface area (Å²) in [6.45, 7) is 7.40. The molecule has 0 aliphatic heterocycles. The van der Waals surface area contributed by atoms with Crippen LogP contribution in [0.3, 0.4) is 0 Å². The second-order valence-electron chi connectivity index (χ2n) is 5.13. The second kappa shape index (κ2) is 29.9. The predicted octanol–water partition coefficient (Wildman–Crippen LogP) is -6.09. The van der Waals surface area contributed by atoms with Crippen LogP contribution in [0, 0.1) is 0 Å². The lowest BCUT2D eigenvalue weighted by Gasteiger charge is -2.19. The first-order chi connectivity index (χ1) is 14.8. The normalized spacial score (nSPS) is 10.8. The standard InChI is InChI=1S/2C6H15NO2.2H3O4P.H2O4S/c2*1-8-5-3-7-4-6-9-2;3*1-5(2,3)4/h2*7H,3-6H2,1-2H3;2*(H3,1,2,3,4);(H2,1,2,3,4). The van der Waals surface area contributed by atoms with E-state index in [4.69, 9.17) is 75.0 Å². The van der Waals surface area contributed by atoms with Gasteiger partial charge in [0.15, 0.2) is 0 Å². The highest BCUT2D eigenvalue weighted by Crippen LogP contribution is 2.25. The summed E-state index contributed by atoms with van der Waals surface area (Å²) in [5.41, 5.74) is 0. The van der Waals surface area contributed by atoms with E-state index in [0.717, 1.165) is 52.6 Å². The van der Waals surface area contributed by atoms with Gasteiger partial charge in [-0.2, -0.15) is 8.42 Å². The fourth-order valence-corrected chi connectivity index (χ4v) is 1.09. The number of ether oxygens (including phenoxy) is 4. The van der Waals surface area contributed by atoms with E-state index < -0.39 is 26.0 Å². The number of hydrogen-bond acceptors (Lipinski definition) is 10. The SMILES string of the molecule is COCC[NH2+]CCOC.COCC[NH2+]CCOC.O=P(O)(O)O.O=P([O-])([O-])O.O=S(=O)(O)O. The Morgan fingerprint density at radius 1 is 0.667 bits per heavy atom. The van der Waals surface area contributed by atoms with Crippen LogP contribution in [0.1, 0.15) is 0 Å². The van der Waals surface area contributed by atoms with E-state index in [1.807, 2.05) is 0 Å². The molecule has 0 unspecified atom stereocenters. The Kier molecular flexibility index (Phi) is 38.9. The molecule has 0 atom stereocenters. The third-order valence-corrected chi connectivity index (χ3v) is 2.10. The Morgan fingerprint density at radius 2 is 0.788 bits per heavy atom. The first kappa shape index (κ1) is 43.0. The molecule has 10 N–H and O–H groups in total. The average molecular weight is 560 g/mol. The van der Waals surface area contributed by atoms with Crippen molar-refractivity contribution in [2.45, 2.75) is 0 Å². The van der Waals surface area contributed by atoms with Gasteiger partial charge >= 0.3 is 18.2 Å². The third kappa shape index (κ3) is 202. The first-order valence-electron chi connectivity index (χ1n) is 8.65. The summed E-state index contributed by atoms with van der Waals surface area (Å²) in [5.74, 6) is 0. The van der Waals surface area contributed by atoms with E-state index in [2.05, 4.69) is 10.6 Å². The van der Waals surface area contributed by atoms with Crippen molar-refractivity contribution in [1.82, 2.24) is 0 Å². The molecule has 0 aromatic rings. The second-order valence-corrected chi connectivity index (χ2v) is 7.99.